The molecule has 0 aliphatic heterocycles. The number of phenolic OH excluding ortho intramolecular Hbond substituents is 1. The van der Waals surface area contributed by atoms with Crippen molar-refractivity contribution in [3.05, 3.63) is 23.8 Å². The summed E-state index contributed by atoms with van der Waals surface area (Å²) in [5.41, 5.74) is 0.764. The van der Waals surface area contributed by atoms with Gasteiger partial charge in [0, 0.05) is 31.1 Å². The molecule has 1 amide bonds. The second-order valence-electron chi connectivity index (χ2n) is 4.85. The van der Waals surface area contributed by atoms with Crippen LogP contribution in [0.3, 0.4) is 0 Å². The van der Waals surface area contributed by atoms with E-state index < -0.39 is 0 Å². The van der Waals surface area contributed by atoms with Crippen molar-refractivity contribution in [3.8, 4) is 11.5 Å². The van der Waals surface area contributed by atoms with Crippen molar-refractivity contribution in [2.24, 2.45) is 0 Å². The standard InChI is InChI=1S/C15H24N2O3/c1-4-20-13-7-5-6-12(15(13)19)10-16-9-8-14(18)17-11(2)3/h5-7,11,16,19H,4,8-10H2,1-3H3,(H,17,18). The van der Waals surface area contributed by atoms with Crippen molar-refractivity contribution in [1.29, 1.82) is 0 Å². The fourth-order valence-electron chi connectivity index (χ4n) is 1.80. The summed E-state index contributed by atoms with van der Waals surface area (Å²) in [4.78, 5) is 11.5. The highest BCUT2D eigenvalue weighted by Crippen LogP contribution is 2.29. The zero-order valence-electron chi connectivity index (χ0n) is 12.4. The van der Waals surface area contributed by atoms with Crippen molar-refractivity contribution >= 4 is 5.91 Å². The Morgan fingerprint density at radius 2 is 2.15 bits per heavy atom. The lowest BCUT2D eigenvalue weighted by molar-refractivity contribution is -0.121. The number of rotatable bonds is 8. The molecule has 3 N–H and O–H groups in total. The molecule has 0 bridgehead atoms. The van der Waals surface area contributed by atoms with E-state index in [0.29, 0.717) is 31.9 Å². The van der Waals surface area contributed by atoms with Gasteiger partial charge in [0.1, 0.15) is 0 Å². The van der Waals surface area contributed by atoms with E-state index in [-0.39, 0.29) is 17.7 Å². The number of para-hydroxylation sites is 1. The number of aromatic hydroxyl groups is 1. The zero-order chi connectivity index (χ0) is 15.0. The van der Waals surface area contributed by atoms with E-state index in [4.69, 9.17) is 4.74 Å². The quantitative estimate of drug-likeness (QED) is 0.635. The summed E-state index contributed by atoms with van der Waals surface area (Å²) in [5.74, 6) is 0.678. The largest absolute Gasteiger partial charge is 0.504 e. The summed E-state index contributed by atoms with van der Waals surface area (Å²) in [6.07, 6.45) is 0.421. The molecule has 0 radical (unpaired) electrons. The maximum atomic E-state index is 11.5. The van der Waals surface area contributed by atoms with Crippen LogP contribution in [0.15, 0.2) is 18.2 Å². The van der Waals surface area contributed by atoms with Gasteiger partial charge in [-0.3, -0.25) is 4.79 Å². The molecule has 1 aromatic carbocycles. The molecule has 20 heavy (non-hydrogen) atoms. The molecule has 0 aliphatic rings. The van der Waals surface area contributed by atoms with Crippen molar-refractivity contribution in [3.63, 3.8) is 0 Å². The predicted molar refractivity (Wildman–Crippen MR) is 78.9 cm³/mol. The van der Waals surface area contributed by atoms with Crippen molar-refractivity contribution < 1.29 is 14.6 Å². The van der Waals surface area contributed by atoms with E-state index in [1.54, 1.807) is 6.07 Å². The lowest BCUT2D eigenvalue weighted by Gasteiger charge is -2.11. The van der Waals surface area contributed by atoms with E-state index >= 15 is 0 Å². The molecule has 112 valence electrons. The van der Waals surface area contributed by atoms with Gasteiger partial charge in [0.25, 0.3) is 0 Å². The van der Waals surface area contributed by atoms with Gasteiger partial charge in [0.15, 0.2) is 11.5 Å². The number of nitrogens with one attached hydrogen (secondary N) is 2. The summed E-state index contributed by atoms with van der Waals surface area (Å²) in [6.45, 7) is 7.32. The first-order valence-electron chi connectivity index (χ1n) is 6.98. The molecule has 0 aliphatic carbocycles. The summed E-state index contributed by atoms with van der Waals surface area (Å²) >= 11 is 0. The fraction of sp³-hybridized carbons (Fsp3) is 0.533. The Morgan fingerprint density at radius 3 is 2.80 bits per heavy atom. The van der Waals surface area contributed by atoms with Crippen molar-refractivity contribution in [2.45, 2.75) is 39.8 Å². The SMILES string of the molecule is CCOc1cccc(CNCCC(=O)NC(C)C)c1O. The average molecular weight is 280 g/mol. The van der Waals surface area contributed by atoms with Crippen LogP contribution in [-0.2, 0) is 11.3 Å². The third kappa shape index (κ3) is 5.48. The molecule has 0 atom stereocenters. The van der Waals surface area contributed by atoms with Gasteiger partial charge in [-0.25, -0.2) is 0 Å². The van der Waals surface area contributed by atoms with Crippen LogP contribution in [0.5, 0.6) is 11.5 Å². The highest BCUT2D eigenvalue weighted by atomic mass is 16.5. The molecule has 5 heteroatoms. The molecule has 0 fully saturated rings. The van der Waals surface area contributed by atoms with Gasteiger partial charge in [-0.05, 0) is 26.8 Å². The van der Waals surface area contributed by atoms with Crippen LogP contribution in [-0.4, -0.2) is 30.2 Å². The number of ether oxygens (including phenoxy) is 1. The van der Waals surface area contributed by atoms with Crippen LogP contribution in [0.25, 0.3) is 0 Å². The van der Waals surface area contributed by atoms with Gasteiger partial charge in [-0.15, -0.1) is 0 Å². The first kappa shape index (κ1) is 16.3. The summed E-state index contributed by atoms with van der Waals surface area (Å²) < 4.78 is 5.32. The zero-order valence-corrected chi connectivity index (χ0v) is 12.4. The fourth-order valence-corrected chi connectivity index (χ4v) is 1.80. The normalized spacial score (nSPS) is 10.6. The molecular weight excluding hydrogens is 256 g/mol. The van der Waals surface area contributed by atoms with Crippen LogP contribution < -0.4 is 15.4 Å². The predicted octanol–water partition coefficient (Wildman–Crippen LogP) is 1.80. The number of carbonyl (C=O) groups is 1. The van der Waals surface area contributed by atoms with E-state index in [9.17, 15) is 9.90 Å². The molecule has 0 saturated carbocycles. The molecule has 0 saturated heterocycles. The summed E-state index contributed by atoms with van der Waals surface area (Å²) in [5, 5.41) is 16.0. The molecule has 0 aromatic heterocycles. The van der Waals surface area contributed by atoms with Crippen LogP contribution in [0, 0.1) is 0 Å². The lowest BCUT2D eigenvalue weighted by Crippen LogP contribution is -2.32. The Bertz CT molecular complexity index is 433. The lowest BCUT2D eigenvalue weighted by atomic mass is 10.2. The highest BCUT2D eigenvalue weighted by molar-refractivity contribution is 5.76. The number of hydrogen-bond donors (Lipinski definition) is 3. The Labute approximate surface area is 120 Å². The third-order valence-electron chi connectivity index (χ3n) is 2.68. The second kappa shape index (κ2) is 8.43. The number of benzene rings is 1. The first-order chi connectivity index (χ1) is 9.54. The second-order valence-corrected chi connectivity index (χ2v) is 4.85. The van der Waals surface area contributed by atoms with Gasteiger partial charge in [-0.1, -0.05) is 12.1 Å². The summed E-state index contributed by atoms with van der Waals surface area (Å²) in [6, 6.07) is 5.57. The van der Waals surface area contributed by atoms with Gasteiger partial charge in [-0.2, -0.15) is 0 Å². The highest BCUT2D eigenvalue weighted by Gasteiger charge is 2.08. The third-order valence-corrected chi connectivity index (χ3v) is 2.68. The molecule has 1 aromatic rings. The maximum absolute atomic E-state index is 11.5. The van der Waals surface area contributed by atoms with Crippen LogP contribution in [0.2, 0.25) is 0 Å². The van der Waals surface area contributed by atoms with Gasteiger partial charge in [0.2, 0.25) is 5.91 Å². The topological polar surface area (TPSA) is 70.6 Å². The van der Waals surface area contributed by atoms with Crippen LogP contribution in [0.1, 0.15) is 32.8 Å². The van der Waals surface area contributed by atoms with Crippen LogP contribution >= 0.6 is 0 Å². The Hall–Kier alpha value is -1.75. The molecule has 0 unspecified atom stereocenters. The number of hydrogen-bond acceptors (Lipinski definition) is 4. The van der Waals surface area contributed by atoms with E-state index in [2.05, 4.69) is 10.6 Å². The minimum absolute atomic E-state index is 0.0276. The van der Waals surface area contributed by atoms with E-state index in [1.165, 1.54) is 0 Å². The smallest absolute Gasteiger partial charge is 0.221 e. The van der Waals surface area contributed by atoms with Crippen molar-refractivity contribution in [1.82, 2.24) is 10.6 Å². The van der Waals surface area contributed by atoms with E-state index in [0.717, 1.165) is 5.56 Å². The average Bonchev–Trinajstić information content (AvgIpc) is 2.38. The first-order valence-corrected chi connectivity index (χ1v) is 6.98. The van der Waals surface area contributed by atoms with Gasteiger partial charge < -0.3 is 20.5 Å². The monoisotopic (exact) mass is 280 g/mol. The Balaban J connectivity index is 2.39. The minimum atomic E-state index is 0.0276. The minimum Gasteiger partial charge on any atom is -0.504 e. The van der Waals surface area contributed by atoms with Crippen molar-refractivity contribution in [2.75, 3.05) is 13.2 Å². The maximum Gasteiger partial charge on any atom is 0.221 e. The number of carbonyl (C=O) groups excluding carboxylic acids is 1. The Kier molecular flexibility index (Phi) is 6.87. The van der Waals surface area contributed by atoms with Gasteiger partial charge in [0.05, 0.1) is 6.61 Å². The summed E-state index contributed by atoms with van der Waals surface area (Å²) in [7, 11) is 0. The molecule has 1 rings (SSSR count). The van der Waals surface area contributed by atoms with Crippen LogP contribution in [0.4, 0.5) is 0 Å². The molecular formula is C15H24N2O3. The number of amides is 1. The molecule has 5 nitrogen and oxygen atoms in total. The van der Waals surface area contributed by atoms with E-state index in [1.807, 2.05) is 32.9 Å². The number of phenols is 1. The molecule has 0 spiro atoms. The molecule has 0 heterocycles. The Morgan fingerprint density at radius 1 is 1.40 bits per heavy atom. The van der Waals surface area contributed by atoms with Gasteiger partial charge >= 0.3 is 0 Å².